The summed E-state index contributed by atoms with van der Waals surface area (Å²) in [6.45, 7) is 2.94. The van der Waals surface area contributed by atoms with Crippen molar-refractivity contribution in [3.05, 3.63) is 0 Å². The van der Waals surface area contributed by atoms with Crippen LogP contribution in [0.1, 0.15) is 51.9 Å². The topological polar surface area (TPSA) is 53.7 Å². The minimum absolute atomic E-state index is 0.233. The van der Waals surface area contributed by atoms with E-state index in [1.54, 1.807) is 14.2 Å². The van der Waals surface area contributed by atoms with Gasteiger partial charge in [-0.2, -0.15) is 0 Å². The van der Waals surface area contributed by atoms with Crippen molar-refractivity contribution in [1.82, 2.24) is 0 Å². The SMILES string of the molecule is CCCCC1CCC[Si](OC)(OC)C1(CCCN)OC. The Bertz CT molecular complexity index is 274. The molecule has 0 spiro atoms. The van der Waals surface area contributed by atoms with E-state index in [4.69, 9.17) is 19.3 Å². The summed E-state index contributed by atoms with van der Waals surface area (Å²) in [4.78, 5) is 0. The van der Waals surface area contributed by atoms with Gasteiger partial charge in [0, 0.05) is 21.3 Å². The Hall–Kier alpha value is 0.0569. The average Bonchev–Trinajstić information content (AvgIpc) is 2.50. The summed E-state index contributed by atoms with van der Waals surface area (Å²) in [5.74, 6) is 0.541. The predicted octanol–water partition coefficient (Wildman–Crippen LogP) is 2.98. The van der Waals surface area contributed by atoms with E-state index in [0.717, 1.165) is 18.9 Å². The summed E-state index contributed by atoms with van der Waals surface area (Å²) >= 11 is 0. The molecule has 1 aliphatic rings. The third-order valence-corrected chi connectivity index (χ3v) is 9.53. The van der Waals surface area contributed by atoms with Crippen LogP contribution in [-0.4, -0.2) is 41.7 Å². The van der Waals surface area contributed by atoms with Crippen LogP contribution in [0.5, 0.6) is 0 Å². The molecule has 0 saturated carbocycles. The standard InChI is InChI=1S/C15H33NO3Si/c1-5-6-9-14-10-7-13-20(18-3,19-4)15(14,17-2)11-8-12-16/h14H,5-13,16H2,1-4H3. The summed E-state index contributed by atoms with van der Waals surface area (Å²) in [5, 5.41) is -0.233. The van der Waals surface area contributed by atoms with Gasteiger partial charge in [0.05, 0.1) is 0 Å². The maximum absolute atomic E-state index is 6.14. The molecule has 1 fully saturated rings. The fourth-order valence-electron chi connectivity index (χ4n) is 3.98. The third kappa shape index (κ3) is 3.27. The van der Waals surface area contributed by atoms with E-state index in [1.165, 1.54) is 32.1 Å². The highest BCUT2D eigenvalue weighted by atomic mass is 28.4. The molecule has 1 aliphatic heterocycles. The van der Waals surface area contributed by atoms with E-state index in [1.807, 2.05) is 7.11 Å². The van der Waals surface area contributed by atoms with Crippen molar-refractivity contribution in [3.63, 3.8) is 0 Å². The molecular formula is C15H33NO3Si. The highest BCUT2D eigenvalue weighted by Crippen LogP contribution is 2.48. The van der Waals surface area contributed by atoms with E-state index >= 15 is 0 Å². The van der Waals surface area contributed by atoms with Crippen LogP contribution in [0.15, 0.2) is 0 Å². The second kappa shape index (κ2) is 8.49. The van der Waals surface area contributed by atoms with Gasteiger partial charge in [0.25, 0.3) is 0 Å². The second-order valence-electron chi connectivity index (χ2n) is 5.88. The van der Waals surface area contributed by atoms with E-state index < -0.39 is 8.56 Å². The first-order chi connectivity index (χ1) is 9.66. The predicted molar refractivity (Wildman–Crippen MR) is 84.9 cm³/mol. The molecule has 4 nitrogen and oxygen atoms in total. The number of unbranched alkanes of at least 4 members (excludes halogenated alkanes) is 1. The molecule has 1 saturated heterocycles. The van der Waals surface area contributed by atoms with E-state index in [9.17, 15) is 0 Å². The van der Waals surface area contributed by atoms with Crippen molar-refractivity contribution in [2.75, 3.05) is 27.9 Å². The molecule has 0 bridgehead atoms. The van der Waals surface area contributed by atoms with Crippen LogP contribution >= 0.6 is 0 Å². The van der Waals surface area contributed by atoms with Gasteiger partial charge in [-0.3, -0.25) is 0 Å². The molecular weight excluding hydrogens is 270 g/mol. The van der Waals surface area contributed by atoms with Gasteiger partial charge in [-0.1, -0.05) is 26.2 Å². The number of hydrogen-bond donors (Lipinski definition) is 1. The lowest BCUT2D eigenvalue weighted by Gasteiger charge is -2.52. The van der Waals surface area contributed by atoms with Gasteiger partial charge in [-0.25, -0.2) is 0 Å². The van der Waals surface area contributed by atoms with Crippen LogP contribution in [0.4, 0.5) is 0 Å². The lowest BCUT2D eigenvalue weighted by Crippen LogP contribution is -2.68. The Morgan fingerprint density at radius 2 is 1.90 bits per heavy atom. The maximum atomic E-state index is 6.14. The van der Waals surface area contributed by atoms with Crippen molar-refractivity contribution >= 4 is 8.56 Å². The van der Waals surface area contributed by atoms with Gasteiger partial charge >= 0.3 is 8.56 Å². The Kier molecular flexibility index (Phi) is 7.68. The molecule has 0 aromatic heterocycles. The number of ether oxygens (including phenoxy) is 1. The highest BCUT2D eigenvalue weighted by molar-refractivity contribution is 6.70. The first-order valence-electron chi connectivity index (χ1n) is 8.01. The average molecular weight is 304 g/mol. The summed E-state index contributed by atoms with van der Waals surface area (Å²) < 4.78 is 18.1. The second-order valence-corrected chi connectivity index (χ2v) is 9.55. The Morgan fingerprint density at radius 1 is 1.20 bits per heavy atom. The van der Waals surface area contributed by atoms with Gasteiger partial charge < -0.3 is 19.3 Å². The van der Waals surface area contributed by atoms with E-state index in [-0.39, 0.29) is 5.22 Å². The smallest absolute Gasteiger partial charge is 0.371 e. The monoisotopic (exact) mass is 303 g/mol. The van der Waals surface area contributed by atoms with E-state index in [0.29, 0.717) is 12.5 Å². The maximum Gasteiger partial charge on any atom is 0.371 e. The minimum atomic E-state index is -2.34. The quantitative estimate of drug-likeness (QED) is 0.665. The molecule has 0 aliphatic carbocycles. The number of nitrogens with two attached hydrogens (primary N) is 1. The van der Waals surface area contributed by atoms with Crippen molar-refractivity contribution < 1.29 is 13.6 Å². The summed E-state index contributed by atoms with van der Waals surface area (Å²) in [6, 6.07) is 1.03. The van der Waals surface area contributed by atoms with Crippen molar-refractivity contribution in [1.29, 1.82) is 0 Å². The first-order valence-corrected chi connectivity index (χ1v) is 10.0. The molecule has 20 heavy (non-hydrogen) atoms. The Balaban J connectivity index is 3.07. The lowest BCUT2D eigenvalue weighted by atomic mass is 9.87. The Labute approximate surface area is 125 Å². The van der Waals surface area contributed by atoms with Crippen molar-refractivity contribution in [3.8, 4) is 0 Å². The zero-order chi connectivity index (χ0) is 15.1. The highest BCUT2D eigenvalue weighted by Gasteiger charge is 2.62. The largest absolute Gasteiger partial charge is 0.396 e. The normalized spacial score (nSPS) is 29.6. The minimum Gasteiger partial charge on any atom is -0.396 e. The molecule has 1 heterocycles. The molecule has 1 rings (SSSR count). The van der Waals surface area contributed by atoms with Crippen molar-refractivity contribution in [2.45, 2.75) is 63.1 Å². The number of methoxy groups -OCH3 is 1. The fourth-order valence-corrected chi connectivity index (χ4v) is 8.12. The third-order valence-electron chi connectivity index (χ3n) is 5.04. The molecule has 2 atom stereocenters. The molecule has 5 heteroatoms. The molecule has 0 aromatic rings. The van der Waals surface area contributed by atoms with Gasteiger partial charge in [-0.05, 0) is 44.2 Å². The van der Waals surface area contributed by atoms with Gasteiger partial charge in [0.15, 0.2) is 0 Å². The van der Waals surface area contributed by atoms with Crippen LogP contribution in [-0.2, 0) is 13.6 Å². The summed E-state index contributed by atoms with van der Waals surface area (Å²) in [6.07, 6.45) is 8.02. The zero-order valence-electron chi connectivity index (χ0n) is 13.7. The molecule has 0 radical (unpaired) electrons. The lowest BCUT2D eigenvalue weighted by molar-refractivity contribution is -0.0569. The van der Waals surface area contributed by atoms with Crippen LogP contribution in [0.25, 0.3) is 0 Å². The number of hydrogen-bond acceptors (Lipinski definition) is 4. The molecule has 120 valence electrons. The summed E-state index contributed by atoms with van der Waals surface area (Å²) in [7, 11) is 3.09. The van der Waals surface area contributed by atoms with Crippen LogP contribution in [0.2, 0.25) is 6.04 Å². The summed E-state index contributed by atoms with van der Waals surface area (Å²) in [5.41, 5.74) is 5.75. The van der Waals surface area contributed by atoms with Gasteiger partial charge in [0.1, 0.15) is 5.22 Å². The van der Waals surface area contributed by atoms with Gasteiger partial charge in [0.2, 0.25) is 0 Å². The van der Waals surface area contributed by atoms with Gasteiger partial charge in [-0.15, -0.1) is 0 Å². The molecule has 2 N–H and O–H groups in total. The van der Waals surface area contributed by atoms with E-state index in [2.05, 4.69) is 6.92 Å². The Morgan fingerprint density at radius 3 is 2.40 bits per heavy atom. The van der Waals surface area contributed by atoms with Crippen molar-refractivity contribution in [2.24, 2.45) is 11.7 Å². The van der Waals surface area contributed by atoms with Crippen LogP contribution in [0.3, 0.4) is 0 Å². The molecule has 0 aromatic carbocycles. The fraction of sp³-hybridized carbons (Fsp3) is 1.00. The zero-order valence-corrected chi connectivity index (χ0v) is 14.7. The molecule has 2 unspecified atom stereocenters. The molecule has 0 amide bonds. The first kappa shape index (κ1) is 18.1. The number of rotatable bonds is 9. The van der Waals surface area contributed by atoms with Crippen LogP contribution < -0.4 is 5.73 Å². The van der Waals surface area contributed by atoms with Crippen LogP contribution in [0, 0.1) is 5.92 Å².